The molecule has 3 N–H and O–H groups in total. The minimum absolute atomic E-state index is 0.0209. The maximum Gasteiger partial charge on any atom is 0.416 e. The van der Waals surface area contributed by atoms with Crippen LogP contribution in [0.1, 0.15) is 97.2 Å². The van der Waals surface area contributed by atoms with Crippen LogP contribution in [0.3, 0.4) is 0 Å². The zero-order valence-electron chi connectivity index (χ0n) is 62.2. The van der Waals surface area contributed by atoms with E-state index in [0.29, 0.717) is 88.7 Å². The Morgan fingerprint density at radius 2 is 0.756 bits per heavy atom. The number of fused-ring (bicyclic) bond motifs is 4. The quantitative estimate of drug-likeness (QED) is 0.0452. The van der Waals surface area contributed by atoms with Gasteiger partial charge in [-0.1, -0.05) is 158 Å². The van der Waals surface area contributed by atoms with Crippen molar-refractivity contribution in [1.29, 1.82) is 0 Å². The Labute approximate surface area is 677 Å². The van der Waals surface area contributed by atoms with Gasteiger partial charge in [0.25, 0.3) is 17.7 Å². The number of ketones is 1. The van der Waals surface area contributed by atoms with Gasteiger partial charge in [-0.3, -0.25) is 37.9 Å². The second kappa shape index (κ2) is 35.5. The minimum Gasteiger partial charge on any atom is -0.472 e. The third-order valence-electron chi connectivity index (χ3n) is 18.8. The lowest BCUT2D eigenvalue weighted by Gasteiger charge is -2.09. The Bertz CT molecular complexity index is 6210. The Kier molecular flexibility index (Phi) is 24.7. The van der Waals surface area contributed by atoms with Crippen molar-refractivity contribution in [3.05, 3.63) is 379 Å². The van der Waals surface area contributed by atoms with Crippen molar-refractivity contribution in [3.8, 4) is 0 Å². The number of carbonyl (C=O) groups excluding carboxylic acids is 4. The number of nitrogens with zero attached hydrogens (tertiary/aromatic N) is 9. The molecule has 30 heteroatoms. The monoisotopic (exact) mass is 1690 g/mol. The number of halogens is 13. The van der Waals surface area contributed by atoms with Crippen LogP contribution < -0.4 is 16.0 Å². The molecule has 0 fully saturated rings. The van der Waals surface area contributed by atoms with Crippen LogP contribution >= 0.6 is 15.9 Å². The SMILES string of the molecule is Cc1ccccc1C(=O)Nc1nn(Cc2ccc(C(F)(F)F)cc2)c2ccccc12.O=C(Nc1nn(Cc2ccc(C(F)(F)F)cc2)c2ccccc12)c1ccccc1Br.O=C(Nc1nn(Cc2cccc(C(F)(F)F)c2)c2ccccc12)c1ccoc1.[C-]#[N+]c1ccccc1C(=O)Cc1nn(Cc2ccc(C(F)(F)F)cc2)c2ccccc12. The van der Waals surface area contributed by atoms with Crippen molar-refractivity contribution < 1.29 is 76.3 Å². The van der Waals surface area contributed by atoms with Crippen LogP contribution in [0.2, 0.25) is 0 Å². The normalized spacial score (nSPS) is 11.6. The standard InChI is InChI=1S/C24H16F3N3O.C23H18F3N3O.C22H15BrF3N3O.C20H14F3N3O2/c1-28-20-8-4-2-7-19(20)23(31)14-21-18-6-3-5-9-22(18)30(29-21)15-16-10-12-17(13-11-16)24(25,26)27;1-15-6-2-3-7-18(15)22(30)27-21-19-8-4-5-9-20(19)29(28-21)14-16-10-12-17(13-11-16)23(24,25)26;23-18-7-3-1-5-16(18)21(30)27-20-17-6-2-4-8-19(17)29(28-20)13-14-9-11-15(12-10-14)22(24,25)26;21-20(22,23)15-5-3-4-13(10-15)11-26-17-7-2-1-6-16(17)18(25-26)24-19(27)14-8-9-28-12-14/h2-13H,14-15H2;2-13H,14H2,1H3,(H,27,28,30);1-12H,13H2,(H,27,28,30);1-10,12H,11H2,(H,24,25,27). The van der Waals surface area contributed by atoms with Crippen molar-refractivity contribution >= 4 is 106 Å². The number of nitrogens with one attached hydrogen (secondary N) is 3. The number of benzene rings is 11. The molecule has 119 heavy (non-hydrogen) atoms. The Morgan fingerprint density at radius 1 is 0.387 bits per heavy atom. The molecule has 11 aromatic carbocycles. The third kappa shape index (κ3) is 20.0. The number of hydrogen-bond donors (Lipinski definition) is 3. The van der Waals surface area contributed by atoms with Gasteiger partial charge in [0.2, 0.25) is 0 Å². The second-order valence-electron chi connectivity index (χ2n) is 26.9. The Morgan fingerprint density at radius 3 is 1.18 bits per heavy atom. The lowest BCUT2D eigenvalue weighted by Crippen LogP contribution is -2.14. The number of para-hydroxylation sites is 5. The van der Waals surface area contributed by atoms with Gasteiger partial charge in [-0.05, 0) is 166 Å². The topological polar surface area (TPSA) is 193 Å². The lowest BCUT2D eigenvalue weighted by molar-refractivity contribution is -0.138. The van der Waals surface area contributed by atoms with Gasteiger partial charge in [0.05, 0.1) is 107 Å². The summed E-state index contributed by atoms with van der Waals surface area (Å²) in [6.07, 6.45) is -14.8. The number of aryl methyl sites for hydroxylation is 1. The molecular weight excluding hydrogens is 1620 g/mol. The van der Waals surface area contributed by atoms with Crippen molar-refractivity contribution in [3.63, 3.8) is 0 Å². The zero-order valence-corrected chi connectivity index (χ0v) is 63.7. The van der Waals surface area contributed by atoms with Crippen LogP contribution in [-0.4, -0.2) is 62.6 Å². The summed E-state index contributed by atoms with van der Waals surface area (Å²) in [5.74, 6) is -0.0528. The van der Waals surface area contributed by atoms with E-state index in [9.17, 15) is 71.9 Å². The van der Waals surface area contributed by atoms with Crippen LogP contribution in [0.15, 0.2) is 294 Å². The average Bonchev–Trinajstić information content (AvgIpc) is 1.66. The zero-order chi connectivity index (χ0) is 84.3. The lowest BCUT2D eigenvalue weighted by atomic mass is 10.0. The van der Waals surface area contributed by atoms with Gasteiger partial charge < -0.3 is 20.4 Å². The summed E-state index contributed by atoms with van der Waals surface area (Å²) in [7, 11) is 0. The van der Waals surface area contributed by atoms with Gasteiger partial charge in [0.15, 0.2) is 28.9 Å². The van der Waals surface area contributed by atoms with E-state index in [-0.39, 0.29) is 56.1 Å². The van der Waals surface area contributed by atoms with Crippen molar-refractivity contribution in [2.24, 2.45) is 0 Å². The summed E-state index contributed by atoms with van der Waals surface area (Å²) in [4.78, 5) is 53.9. The molecule has 16 rings (SSSR count). The fourth-order valence-electron chi connectivity index (χ4n) is 12.9. The molecule has 600 valence electrons. The number of aromatic nitrogens is 8. The van der Waals surface area contributed by atoms with Gasteiger partial charge >= 0.3 is 24.7 Å². The van der Waals surface area contributed by atoms with Crippen LogP contribution in [0, 0.1) is 13.5 Å². The molecule has 0 aliphatic heterocycles. The molecule has 0 atom stereocenters. The highest BCUT2D eigenvalue weighted by Crippen LogP contribution is 2.36. The third-order valence-corrected chi connectivity index (χ3v) is 19.5. The molecule has 17 nitrogen and oxygen atoms in total. The molecule has 0 aliphatic rings. The fraction of sp³-hybridized carbons (Fsp3) is 0.112. The van der Waals surface area contributed by atoms with E-state index in [4.69, 9.17) is 11.0 Å². The van der Waals surface area contributed by atoms with E-state index in [1.54, 1.807) is 104 Å². The number of amides is 3. The van der Waals surface area contributed by atoms with Crippen LogP contribution in [0.4, 0.5) is 75.8 Å². The van der Waals surface area contributed by atoms with Crippen LogP contribution in [-0.2, 0) is 57.3 Å². The van der Waals surface area contributed by atoms with E-state index in [2.05, 4.69) is 57.1 Å². The first kappa shape index (κ1) is 82.8. The average molecular weight is 1690 g/mol. The highest BCUT2D eigenvalue weighted by Gasteiger charge is 2.34. The molecule has 5 heterocycles. The molecule has 0 saturated heterocycles. The van der Waals surface area contributed by atoms with Crippen molar-refractivity contribution in [2.75, 3.05) is 16.0 Å². The number of alkyl halides is 12. The number of furan rings is 1. The van der Waals surface area contributed by atoms with E-state index >= 15 is 0 Å². The molecule has 16 aromatic rings. The second-order valence-corrected chi connectivity index (χ2v) is 27.7. The van der Waals surface area contributed by atoms with Gasteiger partial charge in [0, 0.05) is 37.1 Å². The fourth-order valence-corrected chi connectivity index (χ4v) is 13.3. The molecule has 0 unspecified atom stereocenters. The largest absolute Gasteiger partial charge is 0.472 e. The van der Waals surface area contributed by atoms with Gasteiger partial charge in [-0.15, -0.1) is 0 Å². The summed E-state index contributed by atoms with van der Waals surface area (Å²) in [5, 5.41) is 29.4. The summed E-state index contributed by atoms with van der Waals surface area (Å²) in [6, 6.07) is 71.8. The first-order valence-electron chi connectivity index (χ1n) is 36.2. The molecule has 0 spiro atoms. The predicted molar refractivity (Wildman–Crippen MR) is 430 cm³/mol. The van der Waals surface area contributed by atoms with Crippen LogP contribution in [0.25, 0.3) is 48.5 Å². The smallest absolute Gasteiger partial charge is 0.416 e. The van der Waals surface area contributed by atoms with Gasteiger partial charge in [-0.25, -0.2) is 4.85 Å². The summed E-state index contributed by atoms with van der Waals surface area (Å²) < 4.78 is 166. The summed E-state index contributed by atoms with van der Waals surface area (Å²) in [6.45, 7) is 10.1. The Hall–Kier alpha value is -14.2. The number of hydrogen-bond acceptors (Lipinski definition) is 9. The molecular formula is C89H63BrF12N12O5. The maximum atomic E-state index is 13.0. The van der Waals surface area contributed by atoms with E-state index in [0.717, 1.165) is 86.8 Å². The predicted octanol–water partition coefficient (Wildman–Crippen LogP) is 22.8. The molecule has 0 radical (unpaired) electrons. The molecule has 5 aromatic heterocycles. The number of Topliss-reactive ketones (excluding diaryl/α,β-unsaturated/α-hetero) is 1. The highest BCUT2D eigenvalue weighted by atomic mass is 79.9. The van der Waals surface area contributed by atoms with Gasteiger partial charge in [-0.2, -0.15) is 73.1 Å². The molecule has 0 saturated carbocycles. The van der Waals surface area contributed by atoms with E-state index in [1.165, 1.54) is 61.1 Å². The van der Waals surface area contributed by atoms with E-state index in [1.807, 2.05) is 97.9 Å². The van der Waals surface area contributed by atoms with Crippen molar-refractivity contribution in [1.82, 2.24) is 39.1 Å². The molecule has 3 amide bonds. The molecule has 0 aliphatic carbocycles. The summed E-state index contributed by atoms with van der Waals surface area (Å²) >= 11 is 3.36. The Balaban J connectivity index is 0.000000137. The van der Waals surface area contributed by atoms with Crippen LogP contribution in [0.5, 0.6) is 0 Å². The first-order chi connectivity index (χ1) is 56.9. The first-order valence-corrected chi connectivity index (χ1v) is 36.9. The van der Waals surface area contributed by atoms with Crippen molar-refractivity contribution in [2.45, 2.75) is 64.2 Å². The van der Waals surface area contributed by atoms with Gasteiger partial charge in [0.1, 0.15) is 6.26 Å². The minimum atomic E-state index is -4.41. The summed E-state index contributed by atoms with van der Waals surface area (Å²) in [5.41, 5.74) is 6.09. The number of anilines is 3. The maximum absolute atomic E-state index is 13.0. The highest BCUT2D eigenvalue weighted by molar-refractivity contribution is 9.10. The number of carbonyl (C=O) groups is 4. The molecule has 0 bridgehead atoms. The number of rotatable bonds is 17. The van der Waals surface area contributed by atoms with E-state index < -0.39 is 47.0 Å².